The van der Waals surface area contributed by atoms with E-state index in [4.69, 9.17) is 5.11 Å². The van der Waals surface area contributed by atoms with E-state index in [9.17, 15) is 9.59 Å². The highest BCUT2D eigenvalue weighted by Crippen LogP contribution is 2.21. The van der Waals surface area contributed by atoms with Crippen molar-refractivity contribution >= 4 is 11.9 Å². The van der Waals surface area contributed by atoms with Gasteiger partial charge in [-0.15, -0.1) is 0 Å². The highest BCUT2D eigenvalue weighted by Gasteiger charge is 2.06. The van der Waals surface area contributed by atoms with Gasteiger partial charge in [0, 0.05) is 6.54 Å². The van der Waals surface area contributed by atoms with Crippen molar-refractivity contribution in [3.63, 3.8) is 0 Å². The first kappa shape index (κ1) is 17.4. The molecule has 0 fully saturated rings. The van der Waals surface area contributed by atoms with Gasteiger partial charge in [-0.1, -0.05) is 60.7 Å². The summed E-state index contributed by atoms with van der Waals surface area (Å²) in [5, 5.41) is 11.9. The first-order chi connectivity index (χ1) is 12.6. The van der Waals surface area contributed by atoms with Gasteiger partial charge in [-0.2, -0.15) is 0 Å². The third-order valence-electron chi connectivity index (χ3n) is 4.09. The number of rotatable bonds is 6. The lowest BCUT2D eigenvalue weighted by Gasteiger charge is -2.08. The second-order valence-corrected chi connectivity index (χ2v) is 6.02. The summed E-state index contributed by atoms with van der Waals surface area (Å²) < 4.78 is 0. The molecule has 4 nitrogen and oxygen atoms in total. The largest absolute Gasteiger partial charge is 0.478 e. The fourth-order valence-corrected chi connectivity index (χ4v) is 2.71. The Morgan fingerprint density at radius 3 is 2.15 bits per heavy atom. The zero-order valence-electron chi connectivity index (χ0n) is 14.2. The van der Waals surface area contributed by atoms with Crippen LogP contribution in [-0.4, -0.2) is 17.0 Å². The Morgan fingerprint density at radius 1 is 0.769 bits per heavy atom. The lowest BCUT2D eigenvalue weighted by atomic mass is 10.0. The van der Waals surface area contributed by atoms with Crippen molar-refractivity contribution in [2.24, 2.45) is 0 Å². The predicted molar refractivity (Wildman–Crippen MR) is 101 cm³/mol. The Labute approximate surface area is 152 Å². The molecule has 3 aromatic rings. The monoisotopic (exact) mass is 345 g/mol. The van der Waals surface area contributed by atoms with E-state index in [1.54, 1.807) is 24.3 Å². The van der Waals surface area contributed by atoms with Crippen LogP contribution < -0.4 is 5.32 Å². The molecule has 0 atom stereocenters. The minimum absolute atomic E-state index is 0.0209. The molecule has 0 bridgehead atoms. The number of carbonyl (C=O) groups is 2. The number of carbonyl (C=O) groups excluding carboxylic acids is 1. The van der Waals surface area contributed by atoms with E-state index in [0.29, 0.717) is 13.0 Å². The Morgan fingerprint density at radius 2 is 1.46 bits per heavy atom. The van der Waals surface area contributed by atoms with Crippen molar-refractivity contribution in [1.82, 2.24) is 5.32 Å². The van der Waals surface area contributed by atoms with Crippen LogP contribution in [0.3, 0.4) is 0 Å². The van der Waals surface area contributed by atoms with Crippen molar-refractivity contribution in [3.8, 4) is 11.1 Å². The van der Waals surface area contributed by atoms with E-state index in [0.717, 1.165) is 22.3 Å². The van der Waals surface area contributed by atoms with E-state index >= 15 is 0 Å². The number of amides is 1. The maximum Gasteiger partial charge on any atom is 0.335 e. The fourth-order valence-electron chi connectivity index (χ4n) is 2.71. The Bertz CT molecular complexity index is 902. The summed E-state index contributed by atoms with van der Waals surface area (Å²) in [7, 11) is 0. The van der Waals surface area contributed by atoms with Crippen LogP contribution in [0, 0.1) is 0 Å². The topological polar surface area (TPSA) is 66.4 Å². The maximum absolute atomic E-state index is 12.1. The van der Waals surface area contributed by atoms with E-state index < -0.39 is 5.97 Å². The molecular formula is C22H19NO3. The van der Waals surface area contributed by atoms with Gasteiger partial charge in [0.1, 0.15) is 0 Å². The molecule has 0 aliphatic heterocycles. The summed E-state index contributed by atoms with van der Waals surface area (Å²) in [5.74, 6) is -0.959. The number of aromatic carboxylic acids is 1. The van der Waals surface area contributed by atoms with Crippen molar-refractivity contribution in [2.45, 2.75) is 13.0 Å². The van der Waals surface area contributed by atoms with Crippen LogP contribution in [-0.2, 0) is 17.8 Å². The summed E-state index contributed by atoms with van der Waals surface area (Å²) in [4.78, 5) is 23.0. The molecule has 26 heavy (non-hydrogen) atoms. The molecule has 3 aromatic carbocycles. The fraction of sp³-hybridized carbons (Fsp3) is 0.0909. The molecule has 0 radical (unpaired) electrons. The Hall–Kier alpha value is -3.40. The number of hydrogen-bond acceptors (Lipinski definition) is 2. The summed E-state index contributed by atoms with van der Waals surface area (Å²) in [6.45, 7) is 0.451. The minimum atomic E-state index is -0.938. The van der Waals surface area contributed by atoms with Crippen molar-refractivity contribution in [1.29, 1.82) is 0 Å². The van der Waals surface area contributed by atoms with Gasteiger partial charge < -0.3 is 10.4 Å². The van der Waals surface area contributed by atoms with Gasteiger partial charge in [-0.05, 0) is 40.5 Å². The molecule has 4 heteroatoms. The summed E-state index contributed by atoms with van der Waals surface area (Å²) in [6, 6.07) is 24.2. The van der Waals surface area contributed by atoms with Gasteiger partial charge in [-0.25, -0.2) is 4.79 Å². The number of benzene rings is 3. The smallest absolute Gasteiger partial charge is 0.335 e. The molecule has 3 rings (SSSR count). The van der Waals surface area contributed by atoms with E-state index in [1.165, 1.54) is 0 Å². The molecule has 2 N–H and O–H groups in total. The Kier molecular flexibility index (Phi) is 5.44. The second kappa shape index (κ2) is 8.12. The molecule has 1 amide bonds. The molecule has 0 spiro atoms. The molecule has 0 aliphatic rings. The van der Waals surface area contributed by atoms with E-state index in [-0.39, 0.29) is 11.5 Å². The normalized spacial score (nSPS) is 10.3. The number of nitrogens with one attached hydrogen (secondary N) is 1. The van der Waals surface area contributed by atoms with Crippen LogP contribution in [0.1, 0.15) is 21.5 Å². The number of carboxylic acid groups (broad SMARTS) is 1. The van der Waals surface area contributed by atoms with Gasteiger partial charge in [0.25, 0.3) is 0 Å². The highest BCUT2D eigenvalue weighted by atomic mass is 16.4. The average molecular weight is 345 g/mol. The van der Waals surface area contributed by atoms with Gasteiger partial charge in [0.05, 0.1) is 12.0 Å². The SMILES string of the molecule is O=C(Cc1ccccc1)NCc1cccc(-c2ccc(C(=O)O)cc2)c1. The van der Waals surface area contributed by atoms with Crippen LogP contribution in [0.15, 0.2) is 78.9 Å². The van der Waals surface area contributed by atoms with Crippen molar-refractivity contribution in [2.75, 3.05) is 0 Å². The first-order valence-electron chi connectivity index (χ1n) is 8.35. The summed E-state index contributed by atoms with van der Waals surface area (Å²) in [5.41, 5.74) is 4.16. The molecule has 0 aromatic heterocycles. The number of hydrogen-bond donors (Lipinski definition) is 2. The maximum atomic E-state index is 12.1. The molecule has 0 unspecified atom stereocenters. The van der Waals surface area contributed by atoms with Gasteiger partial charge in [-0.3, -0.25) is 4.79 Å². The van der Waals surface area contributed by atoms with Gasteiger partial charge in [0.2, 0.25) is 5.91 Å². The van der Waals surface area contributed by atoms with Crippen LogP contribution in [0.25, 0.3) is 11.1 Å². The second-order valence-electron chi connectivity index (χ2n) is 6.02. The third-order valence-corrected chi connectivity index (χ3v) is 4.09. The quantitative estimate of drug-likeness (QED) is 0.712. The molecule has 0 saturated heterocycles. The first-order valence-corrected chi connectivity index (χ1v) is 8.35. The highest BCUT2D eigenvalue weighted by molar-refractivity contribution is 5.88. The number of carboxylic acids is 1. The zero-order valence-corrected chi connectivity index (χ0v) is 14.2. The van der Waals surface area contributed by atoms with Crippen molar-refractivity contribution in [3.05, 3.63) is 95.6 Å². The standard InChI is InChI=1S/C22H19NO3/c24-21(14-16-5-2-1-3-6-16)23-15-17-7-4-8-20(13-17)18-9-11-19(12-10-18)22(25)26/h1-13H,14-15H2,(H,23,24)(H,25,26). The van der Waals surface area contributed by atoms with Crippen LogP contribution >= 0.6 is 0 Å². The third kappa shape index (κ3) is 4.57. The van der Waals surface area contributed by atoms with Crippen LogP contribution in [0.2, 0.25) is 0 Å². The lowest BCUT2D eigenvalue weighted by Crippen LogP contribution is -2.24. The van der Waals surface area contributed by atoms with Crippen molar-refractivity contribution < 1.29 is 14.7 Å². The minimum Gasteiger partial charge on any atom is -0.478 e. The average Bonchev–Trinajstić information content (AvgIpc) is 2.67. The van der Waals surface area contributed by atoms with Gasteiger partial charge in [0.15, 0.2) is 0 Å². The van der Waals surface area contributed by atoms with Crippen LogP contribution in [0.4, 0.5) is 0 Å². The molecule has 130 valence electrons. The predicted octanol–water partition coefficient (Wildman–Crippen LogP) is 3.91. The van der Waals surface area contributed by atoms with Crippen LogP contribution in [0.5, 0.6) is 0 Å². The molecule has 0 aliphatic carbocycles. The van der Waals surface area contributed by atoms with Gasteiger partial charge >= 0.3 is 5.97 Å². The molecule has 0 heterocycles. The lowest BCUT2D eigenvalue weighted by molar-refractivity contribution is -0.120. The van der Waals surface area contributed by atoms with E-state index in [1.807, 2.05) is 54.6 Å². The summed E-state index contributed by atoms with van der Waals surface area (Å²) >= 11 is 0. The zero-order chi connectivity index (χ0) is 18.4. The summed E-state index contributed by atoms with van der Waals surface area (Å²) in [6.07, 6.45) is 0.358. The molecular weight excluding hydrogens is 326 g/mol. The molecule has 0 saturated carbocycles. The Balaban J connectivity index is 1.64. The van der Waals surface area contributed by atoms with E-state index in [2.05, 4.69) is 5.32 Å².